The predicted molar refractivity (Wildman–Crippen MR) is 98.0 cm³/mol. The molecule has 1 aliphatic carbocycles. The summed E-state index contributed by atoms with van der Waals surface area (Å²) in [7, 11) is 0. The molecule has 1 aromatic carbocycles. The van der Waals surface area contributed by atoms with E-state index in [2.05, 4.69) is 88.1 Å². The minimum absolute atomic E-state index is 0.486. The third kappa shape index (κ3) is 3.78. The summed E-state index contributed by atoms with van der Waals surface area (Å²) in [4.78, 5) is 1.04. The van der Waals surface area contributed by atoms with Gasteiger partial charge in [-0.25, -0.2) is 0 Å². The Morgan fingerprint density at radius 2 is 1.95 bits per heavy atom. The maximum Gasteiger partial charge on any atom is 0.0521 e. The van der Waals surface area contributed by atoms with E-state index in [1.807, 2.05) is 0 Å². The summed E-state index contributed by atoms with van der Waals surface area (Å²) in [6.45, 7) is 3.07. The van der Waals surface area contributed by atoms with Gasteiger partial charge in [-0.3, -0.25) is 0 Å². The minimum atomic E-state index is 0.486. The lowest BCUT2D eigenvalue weighted by Crippen LogP contribution is -2.28. The van der Waals surface area contributed by atoms with E-state index in [0.717, 1.165) is 15.5 Å². The Kier molecular flexibility index (Phi) is 6.25. The number of nitrogens with one attached hydrogen (secondary N) is 1. The van der Waals surface area contributed by atoms with Crippen molar-refractivity contribution in [1.29, 1.82) is 0 Å². The molecule has 1 saturated carbocycles. The predicted octanol–water partition coefficient (Wildman–Crippen LogP) is 6.44. The Bertz CT molecular complexity index is 449. The summed E-state index contributed by atoms with van der Waals surface area (Å²) in [5, 5.41) is 3.50. The van der Waals surface area contributed by atoms with Crippen LogP contribution in [0.25, 0.3) is 0 Å². The van der Waals surface area contributed by atoms with Gasteiger partial charge in [0.05, 0.1) is 5.69 Å². The van der Waals surface area contributed by atoms with Gasteiger partial charge in [0.15, 0.2) is 0 Å². The first kappa shape index (κ1) is 16.3. The lowest BCUT2D eigenvalue weighted by Gasteiger charge is -2.33. The van der Waals surface area contributed by atoms with Crippen LogP contribution in [0.15, 0.2) is 21.1 Å². The van der Waals surface area contributed by atoms with E-state index in [0.29, 0.717) is 15.6 Å². The van der Waals surface area contributed by atoms with Crippen LogP contribution in [-0.4, -0.2) is 16.2 Å². The topological polar surface area (TPSA) is 12.0 Å². The van der Waals surface area contributed by atoms with Gasteiger partial charge in [-0.2, -0.15) is 0 Å². The summed E-state index contributed by atoms with van der Waals surface area (Å²) < 4.78 is 2.27. The number of anilines is 1. The Balaban J connectivity index is 2.41. The molecular formula is C14H17Br4N. The lowest BCUT2D eigenvalue weighted by atomic mass is 9.83. The van der Waals surface area contributed by atoms with Gasteiger partial charge < -0.3 is 5.32 Å². The van der Waals surface area contributed by atoms with Gasteiger partial charge in [-0.15, -0.1) is 0 Å². The average molecular weight is 519 g/mol. The van der Waals surface area contributed by atoms with Gasteiger partial charge in [0.2, 0.25) is 0 Å². The first-order chi connectivity index (χ1) is 9.04. The SMILES string of the molecule is CCNc1c(Br)cc(Br)cc1C1CCCC(Br)C1Br. The van der Waals surface area contributed by atoms with Crippen molar-refractivity contribution in [2.24, 2.45) is 0 Å². The zero-order valence-electron chi connectivity index (χ0n) is 10.7. The molecule has 0 saturated heterocycles. The van der Waals surface area contributed by atoms with Crippen LogP contribution in [-0.2, 0) is 0 Å². The maximum absolute atomic E-state index is 3.89. The molecule has 2 rings (SSSR count). The molecule has 5 heteroatoms. The molecule has 106 valence electrons. The molecule has 0 aromatic heterocycles. The summed E-state index contributed by atoms with van der Waals surface area (Å²) in [5.41, 5.74) is 2.64. The molecule has 1 nitrogen and oxygen atoms in total. The van der Waals surface area contributed by atoms with Crippen LogP contribution in [0.1, 0.15) is 37.7 Å². The van der Waals surface area contributed by atoms with Gasteiger partial charge in [-0.1, -0.05) is 54.2 Å². The molecule has 0 amide bonds. The van der Waals surface area contributed by atoms with E-state index >= 15 is 0 Å². The third-order valence-electron chi connectivity index (χ3n) is 3.56. The van der Waals surface area contributed by atoms with Gasteiger partial charge in [0.25, 0.3) is 0 Å². The van der Waals surface area contributed by atoms with Gasteiger partial charge in [0.1, 0.15) is 0 Å². The van der Waals surface area contributed by atoms with Gasteiger partial charge >= 0.3 is 0 Å². The Morgan fingerprint density at radius 1 is 1.21 bits per heavy atom. The molecule has 0 spiro atoms. The van der Waals surface area contributed by atoms with Crippen molar-refractivity contribution in [1.82, 2.24) is 0 Å². The van der Waals surface area contributed by atoms with E-state index in [1.54, 1.807) is 0 Å². The smallest absolute Gasteiger partial charge is 0.0521 e. The molecule has 1 aliphatic rings. The normalized spacial score (nSPS) is 27.3. The summed E-state index contributed by atoms with van der Waals surface area (Å²) in [6.07, 6.45) is 3.76. The average Bonchev–Trinajstić information content (AvgIpc) is 2.36. The molecule has 0 bridgehead atoms. The molecule has 1 aromatic rings. The third-order valence-corrected chi connectivity index (χ3v) is 7.66. The van der Waals surface area contributed by atoms with Crippen LogP contribution in [0, 0.1) is 0 Å². The molecule has 3 atom stereocenters. The van der Waals surface area contributed by atoms with Crippen LogP contribution in [0.3, 0.4) is 0 Å². The quantitative estimate of drug-likeness (QED) is 0.454. The molecular weight excluding hydrogens is 502 g/mol. The van der Waals surface area contributed by atoms with Crippen molar-refractivity contribution in [3.8, 4) is 0 Å². The number of hydrogen-bond donors (Lipinski definition) is 1. The second-order valence-corrected chi connectivity index (χ2v) is 8.88. The molecule has 0 radical (unpaired) electrons. The van der Waals surface area contributed by atoms with Gasteiger partial charge in [-0.05, 0) is 59.3 Å². The fraction of sp³-hybridized carbons (Fsp3) is 0.571. The highest BCUT2D eigenvalue weighted by molar-refractivity contribution is 9.12. The van der Waals surface area contributed by atoms with E-state index in [9.17, 15) is 0 Å². The van der Waals surface area contributed by atoms with E-state index < -0.39 is 0 Å². The molecule has 0 aliphatic heterocycles. The van der Waals surface area contributed by atoms with E-state index in [4.69, 9.17) is 0 Å². The second-order valence-electron chi connectivity index (χ2n) is 4.88. The highest BCUT2D eigenvalue weighted by Gasteiger charge is 2.32. The summed E-state index contributed by atoms with van der Waals surface area (Å²) in [5.74, 6) is 0.543. The summed E-state index contributed by atoms with van der Waals surface area (Å²) >= 11 is 15.0. The van der Waals surface area contributed by atoms with Crippen molar-refractivity contribution in [2.75, 3.05) is 11.9 Å². The maximum atomic E-state index is 3.89. The van der Waals surface area contributed by atoms with Crippen LogP contribution in [0.4, 0.5) is 5.69 Å². The molecule has 3 unspecified atom stereocenters. The van der Waals surface area contributed by atoms with Gasteiger partial charge in [0, 0.05) is 25.1 Å². The second kappa shape index (κ2) is 7.28. The largest absolute Gasteiger partial charge is 0.384 e. The number of rotatable bonds is 3. The van der Waals surface area contributed by atoms with Crippen LogP contribution < -0.4 is 5.32 Å². The zero-order valence-corrected chi connectivity index (χ0v) is 17.1. The highest BCUT2D eigenvalue weighted by atomic mass is 79.9. The number of benzene rings is 1. The first-order valence-electron chi connectivity index (χ1n) is 6.55. The molecule has 1 N–H and O–H groups in total. The summed E-state index contributed by atoms with van der Waals surface area (Å²) in [6, 6.07) is 4.37. The lowest BCUT2D eigenvalue weighted by molar-refractivity contribution is 0.475. The Labute approximate surface area is 148 Å². The Morgan fingerprint density at radius 3 is 2.63 bits per heavy atom. The standard InChI is InChI=1S/C14H17Br4N/c1-2-19-14-10(6-8(15)7-12(14)17)9-4-3-5-11(16)13(9)18/h6-7,9,11,13,19H,2-5H2,1H3. The first-order valence-corrected chi connectivity index (χ1v) is 9.97. The zero-order chi connectivity index (χ0) is 14.0. The fourth-order valence-electron chi connectivity index (χ4n) is 2.68. The van der Waals surface area contributed by atoms with Crippen LogP contribution in [0.5, 0.6) is 0 Å². The molecule has 0 heterocycles. The van der Waals surface area contributed by atoms with E-state index in [1.165, 1.54) is 30.5 Å². The van der Waals surface area contributed by atoms with Crippen LogP contribution in [0.2, 0.25) is 0 Å². The Hall–Kier alpha value is 0.940. The van der Waals surface area contributed by atoms with Crippen molar-refractivity contribution < 1.29 is 0 Å². The van der Waals surface area contributed by atoms with Crippen molar-refractivity contribution in [3.63, 3.8) is 0 Å². The monoisotopic (exact) mass is 515 g/mol. The van der Waals surface area contributed by atoms with Crippen molar-refractivity contribution in [2.45, 2.75) is 41.8 Å². The van der Waals surface area contributed by atoms with E-state index in [-0.39, 0.29) is 0 Å². The minimum Gasteiger partial charge on any atom is -0.384 e. The number of hydrogen-bond acceptors (Lipinski definition) is 1. The van der Waals surface area contributed by atoms with Crippen molar-refractivity contribution >= 4 is 69.4 Å². The molecule has 1 fully saturated rings. The molecule has 19 heavy (non-hydrogen) atoms. The number of halogens is 4. The highest BCUT2D eigenvalue weighted by Crippen LogP contribution is 2.45. The van der Waals surface area contributed by atoms with Crippen LogP contribution >= 0.6 is 63.7 Å². The van der Waals surface area contributed by atoms with Crippen molar-refractivity contribution in [3.05, 3.63) is 26.6 Å². The number of alkyl halides is 2. The fourth-order valence-corrected chi connectivity index (χ4v) is 5.58.